The molecule has 22 heavy (non-hydrogen) atoms. The first kappa shape index (κ1) is 18.2. The number of aromatic carboxylic acids is 1. The Morgan fingerprint density at radius 3 is 2.73 bits per heavy atom. The maximum absolute atomic E-state index is 11.0. The second-order valence-corrected chi connectivity index (χ2v) is 5.44. The van der Waals surface area contributed by atoms with Crippen molar-refractivity contribution in [3.63, 3.8) is 0 Å². The second kappa shape index (κ2) is 10.9. The van der Waals surface area contributed by atoms with E-state index >= 15 is 0 Å². The van der Waals surface area contributed by atoms with Gasteiger partial charge < -0.3 is 19.5 Å². The second-order valence-electron chi connectivity index (χ2n) is 5.44. The molecule has 0 heterocycles. The predicted molar refractivity (Wildman–Crippen MR) is 86.2 cm³/mol. The fraction of sp³-hybridized carbons (Fsp3) is 0.500. The number of rotatable bonds is 12. The fourth-order valence-electron chi connectivity index (χ4n) is 2.40. The van der Waals surface area contributed by atoms with Crippen molar-refractivity contribution in [1.82, 2.24) is 0 Å². The lowest BCUT2D eigenvalue weighted by molar-refractivity contribution is -0.894. The van der Waals surface area contributed by atoms with E-state index in [1.807, 2.05) is 6.08 Å². The third-order valence-corrected chi connectivity index (χ3v) is 3.64. The maximum atomic E-state index is 11.0. The van der Waals surface area contributed by atoms with Crippen molar-refractivity contribution in [1.29, 1.82) is 0 Å². The monoisotopic (exact) mass is 305 g/mol. The number of quaternary nitrogens is 1. The van der Waals surface area contributed by atoms with Crippen molar-refractivity contribution >= 4 is 5.97 Å². The molecule has 1 atom stereocenters. The number of carbonyl (C=O) groups excluding carboxylic acids is 1. The number of benzene rings is 1. The number of hydrogen-bond acceptors (Lipinski definition) is 3. The van der Waals surface area contributed by atoms with E-state index in [1.54, 1.807) is 18.2 Å². The van der Waals surface area contributed by atoms with Gasteiger partial charge in [0.2, 0.25) is 0 Å². The molecule has 0 aliphatic rings. The Labute approximate surface area is 133 Å². The Bertz CT molecular complexity index is 459. The van der Waals surface area contributed by atoms with Gasteiger partial charge in [0, 0.05) is 5.56 Å². The van der Waals surface area contributed by atoms with Gasteiger partial charge in [0.1, 0.15) is 18.9 Å². The van der Waals surface area contributed by atoms with Crippen molar-refractivity contribution in [3.8, 4) is 5.75 Å². The van der Waals surface area contributed by atoms with Crippen LogP contribution in [0.3, 0.4) is 0 Å². The van der Waals surface area contributed by atoms with Gasteiger partial charge in [-0.05, 0) is 31.1 Å². The Morgan fingerprint density at radius 1 is 1.27 bits per heavy atom. The number of hydrogen-bond donors (Lipinski definition) is 1. The lowest BCUT2D eigenvalue weighted by Crippen LogP contribution is -3.12. The summed E-state index contributed by atoms with van der Waals surface area (Å²) in [5.74, 6) is -0.822. The van der Waals surface area contributed by atoms with Crippen LogP contribution in [-0.2, 0) is 0 Å². The summed E-state index contributed by atoms with van der Waals surface area (Å²) in [6, 6.07) is 6.60. The van der Waals surface area contributed by atoms with Gasteiger partial charge in [-0.25, -0.2) is 0 Å². The van der Waals surface area contributed by atoms with Crippen LogP contribution in [0.4, 0.5) is 0 Å². The van der Waals surface area contributed by atoms with Crippen LogP contribution in [0.5, 0.6) is 5.75 Å². The molecule has 1 aromatic carbocycles. The summed E-state index contributed by atoms with van der Waals surface area (Å²) in [5.41, 5.74) is 0.107. The zero-order valence-electron chi connectivity index (χ0n) is 13.5. The van der Waals surface area contributed by atoms with Crippen molar-refractivity contribution < 1.29 is 19.5 Å². The molecule has 0 aliphatic heterocycles. The maximum Gasteiger partial charge on any atom is 0.137 e. The Morgan fingerprint density at radius 2 is 2.05 bits per heavy atom. The van der Waals surface area contributed by atoms with Gasteiger partial charge in [-0.3, -0.25) is 0 Å². The highest BCUT2D eigenvalue weighted by Gasteiger charge is 2.08. The van der Waals surface area contributed by atoms with E-state index in [1.165, 1.54) is 36.6 Å². The minimum Gasteiger partial charge on any atom is -0.545 e. The van der Waals surface area contributed by atoms with Crippen LogP contribution in [0, 0.1) is 0 Å². The van der Waals surface area contributed by atoms with E-state index in [0.29, 0.717) is 12.4 Å². The minimum absolute atomic E-state index is 0.107. The zero-order valence-corrected chi connectivity index (χ0v) is 13.5. The molecule has 1 unspecified atom stereocenters. The summed E-state index contributed by atoms with van der Waals surface area (Å²) < 4.78 is 5.63. The van der Waals surface area contributed by atoms with E-state index in [4.69, 9.17) is 4.74 Å². The molecule has 0 bridgehead atoms. The van der Waals surface area contributed by atoms with Crippen LogP contribution >= 0.6 is 0 Å². The van der Waals surface area contributed by atoms with Crippen LogP contribution in [0.15, 0.2) is 36.9 Å². The molecule has 1 aromatic rings. The first-order valence-corrected chi connectivity index (χ1v) is 8.06. The Hall–Kier alpha value is -1.81. The molecule has 0 fully saturated rings. The topological polar surface area (TPSA) is 53.8 Å². The minimum atomic E-state index is -1.20. The number of nitrogens with one attached hydrogen (secondary N) is 1. The molecule has 0 aromatic heterocycles. The summed E-state index contributed by atoms with van der Waals surface area (Å²) in [4.78, 5) is 12.4. The number of unbranched alkanes of at least 4 members (excludes halogenated alkanes) is 3. The van der Waals surface area contributed by atoms with Crippen molar-refractivity contribution in [2.24, 2.45) is 0 Å². The van der Waals surface area contributed by atoms with E-state index in [0.717, 1.165) is 19.6 Å². The smallest absolute Gasteiger partial charge is 0.137 e. The molecule has 0 saturated heterocycles. The lowest BCUT2D eigenvalue weighted by Gasteiger charge is -2.19. The summed E-state index contributed by atoms with van der Waals surface area (Å²) in [5, 5.41) is 11.0. The normalized spacial score (nSPS) is 11.9. The number of ether oxygens (including phenoxy) is 1. The van der Waals surface area contributed by atoms with E-state index in [9.17, 15) is 9.90 Å². The highest BCUT2D eigenvalue weighted by molar-refractivity contribution is 5.89. The molecule has 1 N–H and O–H groups in total. The average molecular weight is 305 g/mol. The summed E-state index contributed by atoms with van der Waals surface area (Å²) in [6.07, 6.45) is 6.89. The van der Waals surface area contributed by atoms with Crippen LogP contribution < -0.4 is 14.7 Å². The number of para-hydroxylation sites is 1. The van der Waals surface area contributed by atoms with Gasteiger partial charge in [0.25, 0.3) is 0 Å². The molecule has 0 aliphatic carbocycles. The molecule has 0 radical (unpaired) electrons. The van der Waals surface area contributed by atoms with Crippen LogP contribution in [-0.4, -0.2) is 32.2 Å². The molecule has 0 saturated carbocycles. The molecule has 4 heteroatoms. The predicted octanol–water partition coefficient (Wildman–Crippen LogP) is 1.08. The first-order chi connectivity index (χ1) is 10.7. The van der Waals surface area contributed by atoms with Gasteiger partial charge in [-0.15, -0.1) is 0 Å². The van der Waals surface area contributed by atoms with Crippen molar-refractivity contribution in [3.05, 3.63) is 42.5 Å². The summed E-state index contributed by atoms with van der Waals surface area (Å²) in [6.45, 7) is 9.32. The molecule has 0 spiro atoms. The fourth-order valence-corrected chi connectivity index (χ4v) is 2.40. The third-order valence-electron chi connectivity index (χ3n) is 3.64. The highest BCUT2D eigenvalue weighted by atomic mass is 16.5. The van der Waals surface area contributed by atoms with Crippen LogP contribution in [0.2, 0.25) is 0 Å². The average Bonchev–Trinajstić information content (AvgIpc) is 2.51. The standard InChI is InChI=1S/C18H27NO3/c1-3-5-6-9-13-19(12-4-2)14-15-22-17-11-8-7-10-16(17)18(20)21/h4,7-8,10-11H,2-3,5-6,9,12-15H2,1H3,(H,20,21). The Balaban J connectivity index is 2.42. The largest absolute Gasteiger partial charge is 0.545 e. The number of carbonyl (C=O) groups is 1. The lowest BCUT2D eigenvalue weighted by atomic mass is 10.2. The van der Waals surface area contributed by atoms with Crippen molar-refractivity contribution in [2.45, 2.75) is 32.6 Å². The van der Waals surface area contributed by atoms with Gasteiger partial charge in [-0.2, -0.15) is 0 Å². The van der Waals surface area contributed by atoms with E-state index in [2.05, 4.69) is 13.5 Å². The SMILES string of the molecule is C=CC[NH+](CCCCCC)CCOc1ccccc1C(=O)[O-]. The van der Waals surface area contributed by atoms with Gasteiger partial charge >= 0.3 is 0 Å². The summed E-state index contributed by atoms with van der Waals surface area (Å²) in [7, 11) is 0. The van der Waals surface area contributed by atoms with Crippen molar-refractivity contribution in [2.75, 3.05) is 26.2 Å². The molecule has 4 nitrogen and oxygen atoms in total. The Kier molecular flexibility index (Phi) is 9.00. The number of carboxylic acids is 1. The van der Waals surface area contributed by atoms with Crippen LogP contribution in [0.1, 0.15) is 43.0 Å². The molecule has 1 rings (SSSR count). The highest BCUT2D eigenvalue weighted by Crippen LogP contribution is 2.16. The third kappa shape index (κ3) is 6.76. The summed E-state index contributed by atoms with van der Waals surface area (Å²) >= 11 is 0. The molecule has 122 valence electrons. The van der Waals surface area contributed by atoms with Gasteiger partial charge in [-0.1, -0.05) is 38.5 Å². The van der Waals surface area contributed by atoms with Gasteiger partial charge in [0.15, 0.2) is 0 Å². The quantitative estimate of drug-likeness (QED) is 0.464. The zero-order chi connectivity index (χ0) is 16.2. The van der Waals surface area contributed by atoms with E-state index < -0.39 is 5.97 Å². The molecule has 0 amide bonds. The number of carboxylic acid groups (broad SMARTS) is 1. The first-order valence-electron chi connectivity index (χ1n) is 8.06. The van der Waals surface area contributed by atoms with Gasteiger partial charge in [0.05, 0.1) is 19.1 Å². The molecular formula is C18H27NO3. The van der Waals surface area contributed by atoms with Crippen LogP contribution in [0.25, 0.3) is 0 Å². The molecular weight excluding hydrogens is 278 g/mol. The van der Waals surface area contributed by atoms with E-state index in [-0.39, 0.29) is 5.56 Å².